The monoisotopic (exact) mass is 307 g/mol. The third kappa shape index (κ3) is 6.67. The van der Waals surface area contributed by atoms with Crippen LogP contribution in [0.3, 0.4) is 0 Å². The zero-order valence-electron chi connectivity index (χ0n) is 10.5. The van der Waals surface area contributed by atoms with Crippen LogP contribution in [0, 0.1) is 0 Å². The fourth-order valence-corrected chi connectivity index (χ4v) is 3.98. The quantitative estimate of drug-likeness (QED) is 0.716. The van der Waals surface area contributed by atoms with E-state index in [4.69, 9.17) is 5.11 Å². The number of benzene rings is 1. The lowest BCUT2D eigenvalue weighted by molar-refractivity contribution is 0.281. The van der Waals surface area contributed by atoms with Gasteiger partial charge in [-0.3, -0.25) is 0 Å². The molecule has 1 aromatic rings. The number of sulfonamides is 1. The lowest BCUT2D eigenvalue weighted by Crippen LogP contribution is -2.29. The second-order valence-electron chi connectivity index (χ2n) is 4.25. The first kappa shape index (κ1) is 16.1. The average molecular weight is 307 g/mol. The molecule has 108 valence electrons. The number of aliphatic hydroxyl groups is 1. The van der Waals surface area contributed by atoms with Crippen LogP contribution in [0.25, 0.3) is 0 Å². The molecule has 0 bridgehead atoms. The first-order chi connectivity index (χ1) is 8.72. The fraction of sp³-hybridized carbons (Fsp3) is 0.455. The Morgan fingerprint density at radius 3 is 2.32 bits per heavy atom. The highest BCUT2D eigenvalue weighted by atomic mass is 32.2. The maximum absolute atomic E-state index is 11.6. The van der Waals surface area contributed by atoms with Gasteiger partial charge in [-0.1, -0.05) is 24.3 Å². The summed E-state index contributed by atoms with van der Waals surface area (Å²) in [6.07, 6.45) is 0.993. The van der Waals surface area contributed by atoms with Crippen molar-refractivity contribution >= 4 is 19.9 Å². The zero-order chi connectivity index (χ0) is 14.5. The van der Waals surface area contributed by atoms with Gasteiger partial charge in [0.25, 0.3) is 0 Å². The van der Waals surface area contributed by atoms with E-state index in [1.807, 2.05) is 0 Å². The molecule has 0 saturated carbocycles. The molecular weight excluding hydrogens is 290 g/mol. The summed E-state index contributed by atoms with van der Waals surface area (Å²) in [7, 11) is -6.93. The van der Waals surface area contributed by atoms with Crippen molar-refractivity contribution in [3.05, 3.63) is 35.4 Å². The van der Waals surface area contributed by atoms with Gasteiger partial charge in [0.2, 0.25) is 10.0 Å². The standard InChI is InChI=1S/C11H17NO5S2/c1-18(14,15)5-6-19(16,17)12-8-10-3-2-4-11(7-10)9-13/h2-4,7,12-13H,5-6,8-9H2,1H3. The van der Waals surface area contributed by atoms with Gasteiger partial charge < -0.3 is 5.11 Å². The van der Waals surface area contributed by atoms with E-state index in [2.05, 4.69) is 4.72 Å². The summed E-state index contributed by atoms with van der Waals surface area (Å²) >= 11 is 0. The number of hydrogen-bond donors (Lipinski definition) is 2. The van der Waals surface area contributed by atoms with Gasteiger partial charge in [-0.15, -0.1) is 0 Å². The molecule has 2 N–H and O–H groups in total. The summed E-state index contributed by atoms with van der Waals surface area (Å²) in [6, 6.07) is 6.84. The van der Waals surface area contributed by atoms with Gasteiger partial charge in [0.15, 0.2) is 0 Å². The maximum Gasteiger partial charge on any atom is 0.212 e. The van der Waals surface area contributed by atoms with Crippen LogP contribution in [-0.2, 0) is 33.0 Å². The van der Waals surface area contributed by atoms with Crippen LogP contribution in [0.2, 0.25) is 0 Å². The van der Waals surface area contributed by atoms with Crippen molar-refractivity contribution in [2.24, 2.45) is 0 Å². The maximum atomic E-state index is 11.6. The van der Waals surface area contributed by atoms with E-state index in [1.54, 1.807) is 24.3 Å². The Balaban J connectivity index is 2.60. The van der Waals surface area contributed by atoms with E-state index >= 15 is 0 Å². The van der Waals surface area contributed by atoms with Crippen LogP contribution >= 0.6 is 0 Å². The summed E-state index contributed by atoms with van der Waals surface area (Å²) in [4.78, 5) is 0. The minimum Gasteiger partial charge on any atom is -0.392 e. The molecule has 0 aliphatic carbocycles. The van der Waals surface area contributed by atoms with Gasteiger partial charge in [0, 0.05) is 12.8 Å². The Hall–Kier alpha value is -0.960. The summed E-state index contributed by atoms with van der Waals surface area (Å²) in [5.74, 6) is -0.857. The van der Waals surface area contributed by atoms with Crippen molar-refractivity contribution in [3.8, 4) is 0 Å². The molecule has 6 nitrogen and oxygen atoms in total. The lowest BCUT2D eigenvalue weighted by Gasteiger charge is -2.07. The van der Waals surface area contributed by atoms with E-state index in [9.17, 15) is 16.8 Å². The van der Waals surface area contributed by atoms with E-state index in [0.29, 0.717) is 11.1 Å². The third-order valence-electron chi connectivity index (χ3n) is 2.39. The van der Waals surface area contributed by atoms with Gasteiger partial charge in [0.05, 0.1) is 18.1 Å². The van der Waals surface area contributed by atoms with Gasteiger partial charge >= 0.3 is 0 Å². The third-order valence-corrected chi connectivity index (χ3v) is 4.92. The van der Waals surface area contributed by atoms with Crippen molar-refractivity contribution in [3.63, 3.8) is 0 Å². The molecule has 0 fully saturated rings. The summed E-state index contributed by atoms with van der Waals surface area (Å²) in [5.41, 5.74) is 1.39. The Morgan fingerprint density at radius 1 is 1.11 bits per heavy atom. The zero-order valence-corrected chi connectivity index (χ0v) is 12.2. The average Bonchev–Trinajstić information content (AvgIpc) is 2.34. The molecule has 1 aromatic carbocycles. The molecule has 0 radical (unpaired) electrons. The first-order valence-electron chi connectivity index (χ1n) is 5.55. The van der Waals surface area contributed by atoms with Gasteiger partial charge in [-0.2, -0.15) is 0 Å². The van der Waals surface area contributed by atoms with Crippen molar-refractivity contribution in [1.82, 2.24) is 4.72 Å². The molecule has 0 saturated heterocycles. The second-order valence-corrected chi connectivity index (χ2v) is 8.43. The molecule has 0 aliphatic heterocycles. The van der Waals surface area contributed by atoms with Crippen LogP contribution in [0.1, 0.15) is 11.1 Å². The normalized spacial score (nSPS) is 12.5. The number of rotatable bonds is 7. The van der Waals surface area contributed by atoms with Crippen molar-refractivity contribution < 1.29 is 21.9 Å². The topological polar surface area (TPSA) is 101 Å². The molecule has 0 aliphatic rings. The van der Waals surface area contributed by atoms with Gasteiger partial charge in [-0.25, -0.2) is 21.6 Å². The molecule has 0 spiro atoms. The van der Waals surface area contributed by atoms with E-state index in [1.165, 1.54) is 0 Å². The van der Waals surface area contributed by atoms with E-state index < -0.39 is 31.4 Å². The van der Waals surface area contributed by atoms with Crippen LogP contribution in [0.15, 0.2) is 24.3 Å². The lowest BCUT2D eigenvalue weighted by atomic mass is 10.1. The van der Waals surface area contributed by atoms with Gasteiger partial charge in [0.1, 0.15) is 9.84 Å². The predicted octanol–water partition coefficient (Wildman–Crippen LogP) is -0.357. The van der Waals surface area contributed by atoms with Crippen LogP contribution in [0.4, 0.5) is 0 Å². The smallest absolute Gasteiger partial charge is 0.212 e. The number of sulfone groups is 1. The van der Waals surface area contributed by atoms with Crippen LogP contribution in [-0.4, -0.2) is 39.7 Å². The molecule has 19 heavy (non-hydrogen) atoms. The van der Waals surface area contributed by atoms with Crippen molar-refractivity contribution in [1.29, 1.82) is 0 Å². The second kappa shape index (κ2) is 6.47. The number of nitrogens with one attached hydrogen (secondary N) is 1. The number of aliphatic hydroxyl groups excluding tert-OH is 1. The summed E-state index contributed by atoms with van der Waals surface area (Å²) < 4.78 is 47.3. The molecule has 0 atom stereocenters. The van der Waals surface area contributed by atoms with E-state index in [-0.39, 0.29) is 13.2 Å². The first-order valence-corrected chi connectivity index (χ1v) is 9.27. The molecule has 1 rings (SSSR count). The molecule has 0 heterocycles. The largest absolute Gasteiger partial charge is 0.392 e. The summed E-state index contributed by atoms with van der Waals surface area (Å²) in [6.45, 7) is -0.0470. The minimum atomic E-state index is -3.62. The minimum absolute atomic E-state index is 0.0694. The SMILES string of the molecule is CS(=O)(=O)CCS(=O)(=O)NCc1cccc(CO)c1. The van der Waals surface area contributed by atoms with Crippen LogP contribution in [0.5, 0.6) is 0 Å². The number of hydrogen-bond acceptors (Lipinski definition) is 5. The van der Waals surface area contributed by atoms with E-state index in [0.717, 1.165) is 6.26 Å². The Morgan fingerprint density at radius 2 is 1.74 bits per heavy atom. The Bertz CT molecular complexity index is 622. The highest BCUT2D eigenvalue weighted by Gasteiger charge is 2.14. The fourth-order valence-electron chi connectivity index (χ4n) is 1.36. The predicted molar refractivity (Wildman–Crippen MR) is 72.7 cm³/mol. The van der Waals surface area contributed by atoms with Crippen molar-refractivity contribution in [2.45, 2.75) is 13.2 Å². The molecule has 8 heteroatoms. The molecular formula is C11H17NO5S2. The van der Waals surface area contributed by atoms with Gasteiger partial charge in [-0.05, 0) is 11.1 Å². The molecule has 0 unspecified atom stereocenters. The molecule has 0 aromatic heterocycles. The molecule has 0 amide bonds. The Labute approximate surface area is 113 Å². The highest BCUT2D eigenvalue weighted by molar-refractivity contribution is 7.93. The Kier molecular flexibility index (Phi) is 5.48. The summed E-state index contributed by atoms with van der Waals surface area (Å²) in [5, 5.41) is 8.96. The van der Waals surface area contributed by atoms with Crippen LogP contribution < -0.4 is 4.72 Å². The highest BCUT2D eigenvalue weighted by Crippen LogP contribution is 2.05. The van der Waals surface area contributed by atoms with Crippen molar-refractivity contribution in [2.75, 3.05) is 17.8 Å².